The van der Waals surface area contributed by atoms with Crippen molar-refractivity contribution in [1.29, 1.82) is 0 Å². The summed E-state index contributed by atoms with van der Waals surface area (Å²) in [5, 5.41) is -0.0815. The highest BCUT2D eigenvalue weighted by Crippen LogP contribution is 2.43. The van der Waals surface area contributed by atoms with Crippen molar-refractivity contribution in [3.05, 3.63) is 52.5 Å². The molecule has 1 saturated heterocycles. The molecule has 22 heavy (non-hydrogen) atoms. The minimum absolute atomic E-state index is 0.0815. The SMILES string of the molecule is COc1ccc(Br)cc1C1SCCN1C(=O)c1cnccn1. The third-order valence-corrected chi connectivity index (χ3v) is 5.13. The Hall–Kier alpha value is -1.60. The number of thioether (sulfide) groups is 1. The summed E-state index contributed by atoms with van der Waals surface area (Å²) in [4.78, 5) is 22.6. The van der Waals surface area contributed by atoms with Crippen LogP contribution in [0.5, 0.6) is 5.75 Å². The maximum absolute atomic E-state index is 12.7. The van der Waals surface area contributed by atoms with E-state index in [0.29, 0.717) is 12.2 Å². The lowest BCUT2D eigenvalue weighted by molar-refractivity contribution is 0.0753. The molecular weight excluding hydrogens is 366 g/mol. The Labute approximate surface area is 141 Å². The molecule has 0 saturated carbocycles. The highest BCUT2D eigenvalue weighted by Gasteiger charge is 2.33. The zero-order chi connectivity index (χ0) is 15.5. The summed E-state index contributed by atoms with van der Waals surface area (Å²) in [5.74, 6) is 1.55. The van der Waals surface area contributed by atoms with Crippen molar-refractivity contribution in [3.8, 4) is 5.75 Å². The molecule has 1 aromatic heterocycles. The second kappa shape index (κ2) is 6.66. The van der Waals surface area contributed by atoms with Crippen LogP contribution in [-0.4, -0.2) is 40.2 Å². The van der Waals surface area contributed by atoms with Crippen molar-refractivity contribution in [2.75, 3.05) is 19.4 Å². The quantitative estimate of drug-likeness (QED) is 0.819. The van der Waals surface area contributed by atoms with Crippen molar-refractivity contribution in [2.24, 2.45) is 0 Å². The fourth-order valence-corrected chi connectivity index (χ4v) is 4.04. The number of rotatable bonds is 3. The van der Waals surface area contributed by atoms with E-state index in [0.717, 1.165) is 21.5 Å². The van der Waals surface area contributed by atoms with E-state index >= 15 is 0 Å². The number of carbonyl (C=O) groups is 1. The minimum atomic E-state index is -0.106. The summed E-state index contributed by atoms with van der Waals surface area (Å²) in [5.41, 5.74) is 1.35. The van der Waals surface area contributed by atoms with Gasteiger partial charge in [0.2, 0.25) is 0 Å². The first-order valence-electron chi connectivity index (χ1n) is 6.72. The lowest BCUT2D eigenvalue weighted by Gasteiger charge is -2.25. The van der Waals surface area contributed by atoms with Crippen molar-refractivity contribution in [3.63, 3.8) is 0 Å². The molecule has 0 spiro atoms. The summed E-state index contributed by atoms with van der Waals surface area (Å²) in [6, 6.07) is 5.83. The number of nitrogens with zero attached hydrogens (tertiary/aromatic N) is 3. The standard InChI is InChI=1S/C15H14BrN3O2S/c1-21-13-3-2-10(16)8-11(13)15-19(6-7-22-15)14(20)12-9-17-4-5-18-12/h2-5,8-9,15H,6-7H2,1H3. The van der Waals surface area contributed by atoms with E-state index in [4.69, 9.17) is 4.74 Å². The topological polar surface area (TPSA) is 55.3 Å². The van der Waals surface area contributed by atoms with E-state index in [1.165, 1.54) is 12.4 Å². The zero-order valence-electron chi connectivity index (χ0n) is 11.9. The zero-order valence-corrected chi connectivity index (χ0v) is 14.3. The van der Waals surface area contributed by atoms with Crippen molar-refractivity contribution < 1.29 is 9.53 Å². The third-order valence-electron chi connectivity index (χ3n) is 3.39. The van der Waals surface area contributed by atoms with Crippen LogP contribution >= 0.6 is 27.7 Å². The van der Waals surface area contributed by atoms with Gasteiger partial charge in [-0.25, -0.2) is 4.98 Å². The van der Waals surface area contributed by atoms with Gasteiger partial charge in [0.05, 0.1) is 13.3 Å². The number of aromatic nitrogens is 2. The van der Waals surface area contributed by atoms with E-state index in [1.54, 1.807) is 25.1 Å². The second-order valence-corrected chi connectivity index (χ2v) is 6.80. The monoisotopic (exact) mass is 379 g/mol. The predicted octanol–water partition coefficient (Wildman–Crippen LogP) is 3.14. The van der Waals surface area contributed by atoms with Gasteiger partial charge in [0.15, 0.2) is 0 Å². The van der Waals surface area contributed by atoms with Crippen LogP contribution in [0.3, 0.4) is 0 Å². The molecule has 1 fully saturated rings. The average Bonchev–Trinajstić information content (AvgIpc) is 3.04. The smallest absolute Gasteiger partial charge is 0.275 e. The van der Waals surface area contributed by atoms with Gasteiger partial charge in [0, 0.05) is 34.7 Å². The van der Waals surface area contributed by atoms with Gasteiger partial charge in [0.25, 0.3) is 5.91 Å². The summed E-state index contributed by atoms with van der Waals surface area (Å²) in [7, 11) is 1.64. The first kappa shape index (κ1) is 15.3. The van der Waals surface area contributed by atoms with Crippen molar-refractivity contribution in [2.45, 2.75) is 5.37 Å². The van der Waals surface area contributed by atoms with Crippen LogP contribution in [0.25, 0.3) is 0 Å². The molecular formula is C15H14BrN3O2S. The number of carbonyl (C=O) groups excluding carboxylic acids is 1. The molecule has 0 bridgehead atoms. The summed E-state index contributed by atoms with van der Waals surface area (Å²) >= 11 is 5.20. The largest absolute Gasteiger partial charge is 0.496 e. The van der Waals surface area contributed by atoms with Gasteiger partial charge >= 0.3 is 0 Å². The van der Waals surface area contributed by atoms with Crippen LogP contribution in [0.4, 0.5) is 0 Å². The molecule has 114 valence electrons. The van der Waals surface area contributed by atoms with E-state index in [-0.39, 0.29) is 11.3 Å². The van der Waals surface area contributed by atoms with Crippen LogP contribution in [0.2, 0.25) is 0 Å². The Morgan fingerprint density at radius 3 is 3.05 bits per heavy atom. The maximum atomic E-state index is 12.7. The van der Waals surface area contributed by atoms with Crippen LogP contribution in [0.15, 0.2) is 41.3 Å². The molecule has 1 aromatic carbocycles. The molecule has 0 aliphatic carbocycles. The van der Waals surface area contributed by atoms with Crippen LogP contribution in [0.1, 0.15) is 21.4 Å². The van der Waals surface area contributed by atoms with Gasteiger partial charge in [-0.15, -0.1) is 11.8 Å². The number of ether oxygens (including phenoxy) is 1. The number of benzene rings is 1. The number of halogens is 1. The Kier molecular flexibility index (Phi) is 4.63. The second-order valence-electron chi connectivity index (χ2n) is 4.70. The number of hydrogen-bond donors (Lipinski definition) is 0. The Bertz CT molecular complexity index is 684. The van der Waals surface area contributed by atoms with E-state index < -0.39 is 0 Å². The number of hydrogen-bond acceptors (Lipinski definition) is 5. The fourth-order valence-electron chi connectivity index (χ4n) is 2.39. The molecule has 7 heteroatoms. The minimum Gasteiger partial charge on any atom is -0.496 e. The summed E-state index contributed by atoms with van der Waals surface area (Å²) < 4.78 is 6.41. The lowest BCUT2D eigenvalue weighted by atomic mass is 10.1. The highest BCUT2D eigenvalue weighted by atomic mass is 79.9. The molecule has 1 aliphatic heterocycles. The van der Waals surface area contributed by atoms with Gasteiger partial charge in [-0.1, -0.05) is 15.9 Å². The molecule has 1 atom stereocenters. The average molecular weight is 380 g/mol. The maximum Gasteiger partial charge on any atom is 0.275 e. The molecule has 3 rings (SSSR count). The van der Waals surface area contributed by atoms with Gasteiger partial charge in [0.1, 0.15) is 16.8 Å². The molecule has 1 unspecified atom stereocenters. The van der Waals surface area contributed by atoms with Crippen LogP contribution in [0, 0.1) is 0 Å². The van der Waals surface area contributed by atoms with Crippen molar-refractivity contribution >= 4 is 33.6 Å². The highest BCUT2D eigenvalue weighted by molar-refractivity contribution is 9.10. The first-order valence-corrected chi connectivity index (χ1v) is 8.57. The molecule has 2 aromatic rings. The molecule has 0 N–H and O–H groups in total. The molecule has 0 radical (unpaired) electrons. The number of methoxy groups -OCH3 is 1. The van der Waals surface area contributed by atoms with Gasteiger partial charge < -0.3 is 9.64 Å². The Morgan fingerprint density at radius 1 is 1.45 bits per heavy atom. The van der Waals surface area contributed by atoms with Crippen molar-refractivity contribution in [1.82, 2.24) is 14.9 Å². The van der Waals surface area contributed by atoms with Gasteiger partial charge in [-0.3, -0.25) is 9.78 Å². The van der Waals surface area contributed by atoms with Gasteiger partial charge in [-0.05, 0) is 18.2 Å². The Balaban J connectivity index is 1.94. The Morgan fingerprint density at radius 2 is 2.32 bits per heavy atom. The van der Waals surface area contributed by atoms with E-state index in [9.17, 15) is 4.79 Å². The molecule has 2 heterocycles. The normalized spacial score (nSPS) is 17.5. The van der Waals surface area contributed by atoms with Crippen LogP contribution in [-0.2, 0) is 0 Å². The van der Waals surface area contributed by atoms with Crippen LogP contribution < -0.4 is 4.74 Å². The molecule has 1 amide bonds. The predicted molar refractivity (Wildman–Crippen MR) is 89.0 cm³/mol. The first-order chi connectivity index (χ1) is 10.7. The third kappa shape index (κ3) is 2.96. The van der Waals surface area contributed by atoms with E-state index in [1.807, 2.05) is 23.1 Å². The summed E-state index contributed by atoms with van der Waals surface area (Å²) in [6.45, 7) is 0.681. The van der Waals surface area contributed by atoms with E-state index in [2.05, 4.69) is 25.9 Å². The lowest BCUT2D eigenvalue weighted by Crippen LogP contribution is -2.31. The number of amides is 1. The fraction of sp³-hybridized carbons (Fsp3) is 0.267. The van der Waals surface area contributed by atoms with Gasteiger partial charge in [-0.2, -0.15) is 0 Å². The molecule has 1 aliphatic rings. The molecule has 5 nitrogen and oxygen atoms in total. The summed E-state index contributed by atoms with van der Waals surface area (Å²) in [6.07, 6.45) is 4.59.